The molecule has 1 N–H and O–H groups in total. The lowest BCUT2D eigenvalue weighted by Gasteiger charge is -2.40. The molecule has 0 amide bonds. The molecular formula is C13H18N2O3. The minimum atomic E-state index is -0.359. The molecular weight excluding hydrogens is 232 g/mol. The van der Waals surface area contributed by atoms with E-state index in [1.54, 1.807) is 26.2 Å². The largest absolute Gasteiger partial charge is 0.382 e. The third-order valence-corrected chi connectivity index (χ3v) is 3.71. The molecule has 1 aromatic rings. The van der Waals surface area contributed by atoms with Crippen molar-refractivity contribution in [3.63, 3.8) is 0 Å². The molecule has 1 aromatic carbocycles. The van der Waals surface area contributed by atoms with Gasteiger partial charge in [0.25, 0.3) is 5.69 Å². The van der Waals surface area contributed by atoms with E-state index in [9.17, 15) is 10.1 Å². The average molecular weight is 250 g/mol. The van der Waals surface area contributed by atoms with Crippen LogP contribution in [0, 0.1) is 17.0 Å². The van der Waals surface area contributed by atoms with Crippen molar-refractivity contribution in [1.82, 2.24) is 0 Å². The fourth-order valence-electron chi connectivity index (χ4n) is 2.26. The van der Waals surface area contributed by atoms with Gasteiger partial charge in [0, 0.05) is 31.0 Å². The van der Waals surface area contributed by atoms with Crippen molar-refractivity contribution in [1.29, 1.82) is 0 Å². The van der Waals surface area contributed by atoms with Crippen molar-refractivity contribution in [2.45, 2.75) is 31.8 Å². The minimum absolute atomic E-state index is 0.0460. The summed E-state index contributed by atoms with van der Waals surface area (Å²) >= 11 is 0. The highest BCUT2D eigenvalue weighted by atomic mass is 16.6. The molecule has 98 valence electrons. The van der Waals surface area contributed by atoms with E-state index in [-0.39, 0.29) is 16.2 Å². The van der Waals surface area contributed by atoms with Crippen molar-refractivity contribution in [2.75, 3.05) is 19.0 Å². The normalized spacial score (nSPS) is 17.0. The number of nitrogens with one attached hydrogen (secondary N) is 1. The Morgan fingerprint density at radius 3 is 2.67 bits per heavy atom. The van der Waals surface area contributed by atoms with Crippen LogP contribution in [-0.4, -0.2) is 24.2 Å². The van der Waals surface area contributed by atoms with Gasteiger partial charge in [0.1, 0.15) is 0 Å². The molecule has 0 saturated heterocycles. The molecule has 1 aliphatic carbocycles. The summed E-state index contributed by atoms with van der Waals surface area (Å²) in [5, 5.41) is 14.0. The van der Waals surface area contributed by atoms with Gasteiger partial charge in [-0.1, -0.05) is 0 Å². The number of nitro benzene ring substituents is 1. The van der Waals surface area contributed by atoms with Crippen molar-refractivity contribution in [3.8, 4) is 0 Å². The highest BCUT2D eigenvalue weighted by Crippen LogP contribution is 2.35. The molecule has 5 heteroatoms. The maximum absolute atomic E-state index is 10.7. The molecule has 0 aliphatic heterocycles. The molecule has 0 atom stereocenters. The first-order valence-corrected chi connectivity index (χ1v) is 6.10. The zero-order valence-corrected chi connectivity index (χ0v) is 10.7. The second kappa shape index (κ2) is 4.94. The van der Waals surface area contributed by atoms with Crippen LogP contribution in [0.25, 0.3) is 0 Å². The van der Waals surface area contributed by atoms with Gasteiger partial charge in [0.15, 0.2) is 0 Å². The Balaban J connectivity index is 2.02. The number of nitrogens with zero attached hydrogens (tertiary/aromatic N) is 1. The van der Waals surface area contributed by atoms with E-state index in [2.05, 4.69) is 5.32 Å². The van der Waals surface area contributed by atoms with Gasteiger partial charge in [-0.15, -0.1) is 0 Å². The maximum atomic E-state index is 10.7. The summed E-state index contributed by atoms with van der Waals surface area (Å²) in [4.78, 5) is 10.4. The number of aryl methyl sites for hydroxylation is 1. The lowest BCUT2D eigenvalue weighted by atomic mass is 9.80. The van der Waals surface area contributed by atoms with E-state index in [4.69, 9.17) is 4.74 Å². The first-order chi connectivity index (χ1) is 8.56. The molecule has 1 fully saturated rings. The summed E-state index contributed by atoms with van der Waals surface area (Å²) in [5.41, 5.74) is 1.69. The molecule has 1 saturated carbocycles. The molecule has 0 bridgehead atoms. The van der Waals surface area contributed by atoms with E-state index in [0.29, 0.717) is 5.56 Å². The topological polar surface area (TPSA) is 64.4 Å². The lowest BCUT2D eigenvalue weighted by Crippen LogP contribution is -2.45. The van der Waals surface area contributed by atoms with Gasteiger partial charge in [0.2, 0.25) is 0 Å². The number of hydrogen-bond donors (Lipinski definition) is 1. The van der Waals surface area contributed by atoms with Crippen LogP contribution in [0.1, 0.15) is 24.8 Å². The van der Waals surface area contributed by atoms with Crippen molar-refractivity contribution in [2.24, 2.45) is 0 Å². The molecule has 0 radical (unpaired) electrons. The molecule has 0 unspecified atom stereocenters. The third kappa shape index (κ3) is 2.46. The first kappa shape index (κ1) is 12.8. The molecule has 1 aliphatic rings. The van der Waals surface area contributed by atoms with Crippen molar-refractivity contribution in [3.05, 3.63) is 33.9 Å². The van der Waals surface area contributed by atoms with Crippen LogP contribution < -0.4 is 5.32 Å². The van der Waals surface area contributed by atoms with Crippen LogP contribution in [0.5, 0.6) is 0 Å². The fraction of sp³-hybridized carbons (Fsp3) is 0.538. The first-order valence-electron chi connectivity index (χ1n) is 6.10. The Hall–Kier alpha value is -1.62. The summed E-state index contributed by atoms with van der Waals surface area (Å²) < 4.78 is 5.52. The number of anilines is 1. The summed E-state index contributed by atoms with van der Waals surface area (Å²) in [5.74, 6) is 0. The van der Waals surface area contributed by atoms with Gasteiger partial charge >= 0.3 is 0 Å². The average Bonchev–Trinajstić information content (AvgIpc) is 2.27. The number of nitro groups is 1. The lowest BCUT2D eigenvalue weighted by molar-refractivity contribution is -0.385. The summed E-state index contributed by atoms with van der Waals surface area (Å²) in [6.45, 7) is 2.50. The third-order valence-electron chi connectivity index (χ3n) is 3.71. The molecule has 2 rings (SSSR count). The Morgan fingerprint density at radius 2 is 2.22 bits per heavy atom. The number of methoxy groups -OCH3 is 1. The van der Waals surface area contributed by atoms with E-state index >= 15 is 0 Å². The Kier molecular flexibility index (Phi) is 3.52. The van der Waals surface area contributed by atoms with E-state index < -0.39 is 0 Å². The second-order valence-electron chi connectivity index (χ2n) is 4.85. The van der Waals surface area contributed by atoms with E-state index in [1.165, 1.54) is 12.5 Å². The van der Waals surface area contributed by atoms with Gasteiger partial charge in [-0.25, -0.2) is 0 Å². The van der Waals surface area contributed by atoms with Crippen LogP contribution in [-0.2, 0) is 4.74 Å². The van der Waals surface area contributed by atoms with Crippen molar-refractivity contribution < 1.29 is 9.66 Å². The Labute approximate surface area is 106 Å². The predicted octanol–water partition coefficient (Wildman–Crippen LogP) is 2.88. The smallest absolute Gasteiger partial charge is 0.272 e. The monoisotopic (exact) mass is 250 g/mol. The minimum Gasteiger partial charge on any atom is -0.382 e. The van der Waals surface area contributed by atoms with Crippen LogP contribution in [0.2, 0.25) is 0 Å². The van der Waals surface area contributed by atoms with Crippen LogP contribution >= 0.6 is 0 Å². The van der Waals surface area contributed by atoms with Crippen molar-refractivity contribution >= 4 is 11.4 Å². The van der Waals surface area contributed by atoms with E-state index in [1.807, 2.05) is 0 Å². The van der Waals surface area contributed by atoms with E-state index in [0.717, 1.165) is 25.1 Å². The van der Waals surface area contributed by atoms with Crippen LogP contribution in [0.15, 0.2) is 18.2 Å². The molecule has 5 nitrogen and oxygen atoms in total. The number of rotatable bonds is 5. The molecule has 0 heterocycles. The van der Waals surface area contributed by atoms with Crippen LogP contribution in [0.3, 0.4) is 0 Å². The van der Waals surface area contributed by atoms with Gasteiger partial charge < -0.3 is 10.1 Å². The predicted molar refractivity (Wildman–Crippen MR) is 69.9 cm³/mol. The van der Waals surface area contributed by atoms with Gasteiger partial charge in [0.05, 0.1) is 10.5 Å². The highest BCUT2D eigenvalue weighted by Gasteiger charge is 2.36. The van der Waals surface area contributed by atoms with Gasteiger partial charge in [-0.2, -0.15) is 0 Å². The Bertz CT molecular complexity index is 450. The second-order valence-corrected chi connectivity index (χ2v) is 4.85. The summed E-state index contributed by atoms with van der Waals surface area (Å²) in [6.07, 6.45) is 3.35. The Morgan fingerprint density at radius 1 is 1.50 bits per heavy atom. The van der Waals surface area contributed by atoms with Crippen LogP contribution in [0.4, 0.5) is 11.4 Å². The highest BCUT2D eigenvalue weighted by molar-refractivity contribution is 5.53. The number of ether oxygens (including phenoxy) is 1. The number of hydrogen-bond acceptors (Lipinski definition) is 4. The van der Waals surface area contributed by atoms with Gasteiger partial charge in [-0.05, 0) is 38.3 Å². The van der Waals surface area contributed by atoms with Gasteiger partial charge in [-0.3, -0.25) is 10.1 Å². The standard InChI is InChI=1S/C13H18N2O3/c1-10-8-11(4-5-12(10)15(16)17)14-9-13(18-2)6-3-7-13/h4-5,8,14H,3,6-7,9H2,1-2H3. The zero-order chi connectivity index (χ0) is 13.2. The maximum Gasteiger partial charge on any atom is 0.272 e. The SMILES string of the molecule is COC1(CNc2ccc([N+](=O)[O-])c(C)c2)CCC1. The molecule has 0 aromatic heterocycles. The fourth-order valence-corrected chi connectivity index (χ4v) is 2.26. The number of benzene rings is 1. The molecule has 18 heavy (non-hydrogen) atoms. The zero-order valence-electron chi connectivity index (χ0n) is 10.7. The summed E-state index contributed by atoms with van der Waals surface area (Å²) in [7, 11) is 1.74. The quantitative estimate of drug-likeness (QED) is 0.644. The molecule has 0 spiro atoms. The summed E-state index contributed by atoms with van der Waals surface area (Å²) in [6, 6.07) is 5.09.